The summed E-state index contributed by atoms with van der Waals surface area (Å²) < 4.78 is 0. The van der Waals surface area contributed by atoms with Gasteiger partial charge in [-0.2, -0.15) is 0 Å². The van der Waals surface area contributed by atoms with Crippen molar-refractivity contribution in [2.24, 2.45) is 5.73 Å². The van der Waals surface area contributed by atoms with Crippen molar-refractivity contribution in [1.82, 2.24) is 0 Å². The van der Waals surface area contributed by atoms with Crippen molar-refractivity contribution in [2.75, 3.05) is 0 Å². The van der Waals surface area contributed by atoms with Crippen molar-refractivity contribution in [3.05, 3.63) is 29.3 Å². The molecule has 1 nitrogen and oxygen atoms in total. The second kappa shape index (κ2) is 3.19. The van der Waals surface area contributed by atoms with E-state index in [-0.39, 0.29) is 6.04 Å². The molecule has 0 unspecified atom stereocenters. The first kappa shape index (κ1) is 8.83. The molecule has 0 aliphatic heterocycles. The summed E-state index contributed by atoms with van der Waals surface area (Å²) in [5.74, 6) is 0. The minimum absolute atomic E-state index is 0.286. The predicted molar refractivity (Wildman–Crippen MR) is 58.8 cm³/mol. The fraction of sp³-hybridized carbons (Fsp3) is 0.455. The highest BCUT2D eigenvalue weighted by molar-refractivity contribution is 6.71. The highest BCUT2D eigenvalue weighted by Crippen LogP contribution is 2.27. The van der Waals surface area contributed by atoms with Gasteiger partial charge in [-0.1, -0.05) is 37.3 Å². The van der Waals surface area contributed by atoms with Gasteiger partial charge in [0.05, 0.1) is 0 Å². The Bertz CT molecular complexity index is 320. The van der Waals surface area contributed by atoms with Gasteiger partial charge in [0.15, 0.2) is 6.71 Å². The molecule has 0 bridgehead atoms. The average Bonchev–Trinajstić information content (AvgIpc) is 2.48. The van der Waals surface area contributed by atoms with Crippen LogP contribution in [0.3, 0.4) is 0 Å². The summed E-state index contributed by atoms with van der Waals surface area (Å²) in [7, 11) is 0. The van der Waals surface area contributed by atoms with Crippen molar-refractivity contribution in [3.8, 4) is 0 Å². The smallest absolute Gasteiger partial charge is 0.169 e. The highest BCUT2D eigenvalue weighted by atomic mass is 14.6. The molecule has 0 saturated carbocycles. The molecule has 2 N–H and O–H groups in total. The molecule has 0 aromatic heterocycles. The Morgan fingerprint density at radius 1 is 1.38 bits per heavy atom. The van der Waals surface area contributed by atoms with Gasteiger partial charge in [0.2, 0.25) is 0 Å². The molecule has 2 heteroatoms. The monoisotopic (exact) mass is 173 g/mol. The number of rotatable bonds is 1. The van der Waals surface area contributed by atoms with Crippen molar-refractivity contribution in [2.45, 2.75) is 32.5 Å². The normalized spacial score (nSPS) is 20.1. The van der Waals surface area contributed by atoms with Crippen LogP contribution in [0.4, 0.5) is 0 Å². The lowest BCUT2D eigenvalue weighted by Crippen LogP contribution is -2.26. The fourth-order valence-corrected chi connectivity index (χ4v) is 2.26. The largest absolute Gasteiger partial charge is 0.324 e. The van der Waals surface area contributed by atoms with Crippen molar-refractivity contribution >= 4 is 12.2 Å². The first-order valence-electron chi connectivity index (χ1n) is 5.07. The summed E-state index contributed by atoms with van der Waals surface area (Å²) in [6.45, 7) is 5.12. The molecule has 0 fully saturated rings. The molecule has 13 heavy (non-hydrogen) atoms. The van der Waals surface area contributed by atoms with E-state index in [1.54, 1.807) is 0 Å². The molecule has 1 aliphatic rings. The lowest BCUT2D eigenvalue weighted by Gasteiger charge is -2.10. The van der Waals surface area contributed by atoms with Crippen LogP contribution in [-0.4, -0.2) is 6.71 Å². The molecule has 0 saturated heterocycles. The van der Waals surface area contributed by atoms with Crippen LogP contribution in [0.1, 0.15) is 23.6 Å². The summed E-state index contributed by atoms with van der Waals surface area (Å²) >= 11 is 0. The molecule has 1 aromatic carbocycles. The molecule has 0 heterocycles. The van der Waals surface area contributed by atoms with Gasteiger partial charge in [0.1, 0.15) is 0 Å². The topological polar surface area (TPSA) is 26.0 Å². The number of hydrogen-bond acceptors (Lipinski definition) is 1. The highest BCUT2D eigenvalue weighted by Gasteiger charge is 2.22. The Morgan fingerprint density at radius 2 is 2.15 bits per heavy atom. The third kappa shape index (κ3) is 1.40. The summed E-state index contributed by atoms with van der Waals surface area (Å²) in [4.78, 5) is 0. The zero-order valence-electron chi connectivity index (χ0n) is 8.38. The van der Waals surface area contributed by atoms with Gasteiger partial charge in [0, 0.05) is 6.04 Å². The average molecular weight is 173 g/mol. The van der Waals surface area contributed by atoms with E-state index >= 15 is 0 Å². The van der Waals surface area contributed by atoms with E-state index in [1.165, 1.54) is 23.0 Å². The zero-order valence-corrected chi connectivity index (χ0v) is 8.38. The van der Waals surface area contributed by atoms with E-state index in [4.69, 9.17) is 5.73 Å². The van der Waals surface area contributed by atoms with Crippen molar-refractivity contribution < 1.29 is 0 Å². The predicted octanol–water partition coefficient (Wildman–Crippen LogP) is 1.59. The summed E-state index contributed by atoms with van der Waals surface area (Å²) in [6.07, 6.45) is 2.30. The maximum Gasteiger partial charge on any atom is 0.169 e. The van der Waals surface area contributed by atoms with E-state index in [0.717, 1.165) is 6.42 Å². The molecular formula is C11H16BN. The maximum atomic E-state index is 6.02. The molecular weight excluding hydrogens is 157 g/mol. The van der Waals surface area contributed by atoms with Crippen LogP contribution in [-0.2, 0) is 6.42 Å². The van der Waals surface area contributed by atoms with E-state index in [1.807, 2.05) is 0 Å². The molecule has 1 atom stereocenters. The van der Waals surface area contributed by atoms with Crippen molar-refractivity contribution in [3.63, 3.8) is 0 Å². The van der Waals surface area contributed by atoms with Crippen LogP contribution in [0.25, 0.3) is 0 Å². The first-order chi connectivity index (χ1) is 6.20. The lowest BCUT2D eigenvalue weighted by molar-refractivity contribution is 0.713. The number of hydrogen-bond donors (Lipinski definition) is 1. The Kier molecular flexibility index (Phi) is 2.16. The molecule has 2 rings (SSSR count). The van der Waals surface area contributed by atoms with Gasteiger partial charge in [-0.15, -0.1) is 0 Å². The van der Waals surface area contributed by atoms with Crippen LogP contribution >= 0.6 is 0 Å². The van der Waals surface area contributed by atoms with Gasteiger partial charge in [0.25, 0.3) is 0 Å². The molecule has 68 valence electrons. The number of nitrogens with two attached hydrogens (primary N) is 1. The Hall–Kier alpha value is -0.755. The van der Waals surface area contributed by atoms with Crippen LogP contribution in [0.2, 0.25) is 13.6 Å². The second-order valence-corrected chi connectivity index (χ2v) is 4.21. The van der Waals surface area contributed by atoms with Crippen LogP contribution in [0, 0.1) is 0 Å². The minimum atomic E-state index is 0.286. The maximum absolute atomic E-state index is 6.02. The molecule has 0 amide bonds. The Labute approximate surface area is 80.4 Å². The van der Waals surface area contributed by atoms with E-state index < -0.39 is 0 Å². The van der Waals surface area contributed by atoms with Crippen molar-refractivity contribution in [1.29, 1.82) is 0 Å². The summed E-state index contributed by atoms with van der Waals surface area (Å²) in [5, 5.41) is 0. The lowest BCUT2D eigenvalue weighted by atomic mass is 9.48. The van der Waals surface area contributed by atoms with Crippen LogP contribution in [0.15, 0.2) is 18.2 Å². The van der Waals surface area contributed by atoms with Crippen LogP contribution in [0.5, 0.6) is 0 Å². The number of benzene rings is 1. The van der Waals surface area contributed by atoms with Gasteiger partial charge in [-0.05, 0) is 24.0 Å². The Balaban J connectivity index is 2.51. The SMILES string of the molecule is CB(C)c1cccc2c1CC[C@@H]2N. The summed E-state index contributed by atoms with van der Waals surface area (Å²) in [5.41, 5.74) is 10.4. The third-order valence-electron chi connectivity index (χ3n) is 2.98. The fourth-order valence-electron chi connectivity index (χ4n) is 2.26. The first-order valence-corrected chi connectivity index (χ1v) is 5.07. The second-order valence-electron chi connectivity index (χ2n) is 4.21. The van der Waals surface area contributed by atoms with E-state index in [0.29, 0.717) is 6.71 Å². The van der Waals surface area contributed by atoms with Gasteiger partial charge in [-0.3, -0.25) is 0 Å². The molecule has 1 aromatic rings. The minimum Gasteiger partial charge on any atom is -0.324 e. The molecule has 1 aliphatic carbocycles. The standard InChI is InChI=1S/C11H16BN/c1-12(2)10-5-3-4-9-8(10)6-7-11(9)13/h3-5,11H,6-7,13H2,1-2H3/t11-/m0/s1. The zero-order chi connectivity index (χ0) is 9.42. The third-order valence-corrected chi connectivity index (χ3v) is 2.98. The van der Waals surface area contributed by atoms with Crippen LogP contribution < -0.4 is 11.2 Å². The van der Waals surface area contributed by atoms with Gasteiger partial charge >= 0.3 is 0 Å². The van der Waals surface area contributed by atoms with E-state index in [2.05, 4.69) is 31.8 Å². The quantitative estimate of drug-likeness (QED) is 0.641. The summed E-state index contributed by atoms with van der Waals surface area (Å²) in [6, 6.07) is 6.84. The molecule has 0 radical (unpaired) electrons. The molecule has 0 spiro atoms. The Morgan fingerprint density at radius 3 is 2.85 bits per heavy atom. The van der Waals surface area contributed by atoms with Gasteiger partial charge < -0.3 is 5.73 Å². The number of fused-ring (bicyclic) bond motifs is 1. The van der Waals surface area contributed by atoms with Gasteiger partial charge in [-0.25, -0.2) is 0 Å². The van der Waals surface area contributed by atoms with E-state index in [9.17, 15) is 0 Å².